The van der Waals surface area contributed by atoms with Crippen LogP contribution in [0.15, 0.2) is 18.2 Å². The smallest absolute Gasteiger partial charge is 0.316 e. The molecule has 0 unspecified atom stereocenters. The molecule has 0 saturated heterocycles. The third kappa shape index (κ3) is 2.26. The first kappa shape index (κ1) is 11.0. The molecule has 0 heterocycles. The minimum absolute atomic E-state index is 0.142. The molecular formula is C10H12F3N. The molecule has 0 saturated carbocycles. The second kappa shape index (κ2) is 3.61. The van der Waals surface area contributed by atoms with Crippen molar-refractivity contribution in [3.05, 3.63) is 34.9 Å². The van der Waals surface area contributed by atoms with Gasteiger partial charge < -0.3 is 5.73 Å². The Bertz CT molecular complexity index is 331. The van der Waals surface area contributed by atoms with Crippen LogP contribution in [0.4, 0.5) is 13.2 Å². The number of aryl methyl sites for hydroxylation is 2. The lowest BCUT2D eigenvalue weighted by molar-refractivity contribution is -0.149. The second-order valence-electron chi connectivity index (χ2n) is 3.38. The van der Waals surface area contributed by atoms with Crippen molar-refractivity contribution in [1.29, 1.82) is 0 Å². The van der Waals surface area contributed by atoms with Gasteiger partial charge >= 0.3 is 6.18 Å². The van der Waals surface area contributed by atoms with Crippen LogP contribution < -0.4 is 5.73 Å². The summed E-state index contributed by atoms with van der Waals surface area (Å²) in [6.07, 6.45) is -4.37. The SMILES string of the molecule is Cc1ccc([C@@H](N)C(F)(F)F)c(C)c1. The van der Waals surface area contributed by atoms with Crippen molar-refractivity contribution in [1.82, 2.24) is 0 Å². The molecule has 0 radical (unpaired) electrons. The minimum atomic E-state index is -4.37. The lowest BCUT2D eigenvalue weighted by Crippen LogP contribution is -2.29. The van der Waals surface area contributed by atoms with Gasteiger partial charge in [0.05, 0.1) is 0 Å². The second-order valence-corrected chi connectivity index (χ2v) is 3.38. The quantitative estimate of drug-likeness (QED) is 0.746. The van der Waals surface area contributed by atoms with Gasteiger partial charge in [0.15, 0.2) is 0 Å². The molecule has 0 aliphatic rings. The van der Waals surface area contributed by atoms with E-state index in [0.717, 1.165) is 5.56 Å². The standard InChI is InChI=1S/C10H12F3N/c1-6-3-4-8(7(2)5-6)9(14)10(11,12)13/h3-5,9H,14H2,1-2H3/t9-/m1/s1. The van der Waals surface area contributed by atoms with E-state index >= 15 is 0 Å². The minimum Gasteiger partial charge on any atom is -0.316 e. The summed E-state index contributed by atoms with van der Waals surface area (Å²) in [5.74, 6) is 0. The summed E-state index contributed by atoms with van der Waals surface area (Å²) in [7, 11) is 0. The molecule has 0 aliphatic heterocycles. The lowest BCUT2D eigenvalue weighted by atomic mass is 9.99. The van der Waals surface area contributed by atoms with E-state index in [9.17, 15) is 13.2 Å². The van der Waals surface area contributed by atoms with E-state index in [2.05, 4.69) is 0 Å². The highest BCUT2D eigenvalue weighted by atomic mass is 19.4. The number of hydrogen-bond donors (Lipinski definition) is 1. The number of alkyl halides is 3. The predicted octanol–water partition coefficient (Wildman–Crippen LogP) is 2.87. The fourth-order valence-corrected chi connectivity index (χ4v) is 1.35. The van der Waals surface area contributed by atoms with Crippen LogP contribution in [0.5, 0.6) is 0 Å². The van der Waals surface area contributed by atoms with Crippen molar-refractivity contribution in [3.8, 4) is 0 Å². The first-order valence-corrected chi connectivity index (χ1v) is 4.22. The number of rotatable bonds is 1. The van der Waals surface area contributed by atoms with Crippen LogP contribution in [-0.2, 0) is 0 Å². The molecule has 14 heavy (non-hydrogen) atoms. The molecule has 1 aromatic rings. The molecule has 0 amide bonds. The van der Waals surface area contributed by atoms with Gasteiger partial charge in [0, 0.05) is 0 Å². The van der Waals surface area contributed by atoms with Gasteiger partial charge in [-0.05, 0) is 25.0 Å². The maximum atomic E-state index is 12.3. The largest absolute Gasteiger partial charge is 0.407 e. The normalized spacial score (nSPS) is 14.1. The van der Waals surface area contributed by atoms with Crippen LogP contribution in [-0.4, -0.2) is 6.18 Å². The van der Waals surface area contributed by atoms with Gasteiger partial charge in [0.2, 0.25) is 0 Å². The highest BCUT2D eigenvalue weighted by Crippen LogP contribution is 2.32. The summed E-state index contributed by atoms with van der Waals surface area (Å²) in [4.78, 5) is 0. The Morgan fingerprint density at radius 2 is 1.79 bits per heavy atom. The molecule has 2 N–H and O–H groups in total. The highest BCUT2D eigenvalue weighted by Gasteiger charge is 2.38. The molecule has 0 bridgehead atoms. The first-order chi connectivity index (χ1) is 6.32. The Morgan fingerprint density at radius 3 is 2.21 bits per heavy atom. The molecule has 0 aromatic heterocycles. The Balaban J connectivity index is 3.08. The Morgan fingerprint density at radius 1 is 1.21 bits per heavy atom. The van der Waals surface area contributed by atoms with E-state index in [1.807, 2.05) is 6.92 Å². The number of halogens is 3. The fourth-order valence-electron chi connectivity index (χ4n) is 1.35. The van der Waals surface area contributed by atoms with Crippen molar-refractivity contribution >= 4 is 0 Å². The Hall–Kier alpha value is -1.03. The zero-order valence-corrected chi connectivity index (χ0v) is 8.02. The van der Waals surface area contributed by atoms with E-state index in [1.54, 1.807) is 19.1 Å². The molecule has 78 valence electrons. The molecule has 1 nitrogen and oxygen atoms in total. The van der Waals surface area contributed by atoms with Gasteiger partial charge in [-0.2, -0.15) is 13.2 Å². The number of benzene rings is 1. The van der Waals surface area contributed by atoms with Crippen molar-refractivity contribution in [3.63, 3.8) is 0 Å². The maximum absolute atomic E-state index is 12.3. The summed E-state index contributed by atoms with van der Waals surface area (Å²) < 4.78 is 36.9. The molecular weight excluding hydrogens is 191 g/mol. The van der Waals surface area contributed by atoms with Crippen LogP contribution in [0.1, 0.15) is 22.7 Å². The summed E-state index contributed by atoms with van der Waals surface area (Å²) in [6, 6.07) is 2.88. The van der Waals surface area contributed by atoms with E-state index in [4.69, 9.17) is 5.73 Å². The average molecular weight is 203 g/mol. The molecule has 4 heteroatoms. The zero-order chi connectivity index (χ0) is 10.9. The van der Waals surface area contributed by atoms with Gasteiger partial charge in [-0.1, -0.05) is 23.8 Å². The molecule has 1 aromatic carbocycles. The van der Waals surface area contributed by atoms with E-state index in [1.165, 1.54) is 6.07 Å². The topological polar surface area (TPSA) is 26.0 Å². The van der Waals surface area contributed by atoms with Gasteiger partial charge in [0.25, 0.3) is 0 Å². The molecule has 0 spiro atoms. The first-order valence-electron chi connectivity index (χ1n) is 4.22. The average Bonchev–Trinajstić information content (AvgIpc) is 2.01. The van der Waals surface area contributed by atoms with Gasteiger partial charge in [0.1, 0.15) is 6.04 Å². The van der Waals surface area contributed by atoms with Crippen LogP contribution >= 0.6 is 0 Å². The van der Waals surface area contributed by atoms with E-state index < -0.39 is 12.2 Å². The van der Waals surface area contributed by atoms with Gasteiger partial charge in [-0.25, -0.2) is 0 Å². The van der Waals surface area contributed by atoms with Crippen LogP contribution in [0.3, 0.4) is 0 Å². The van der Waals surface area contributed by atoms with Crippen molar-refractivity contribution < 1.29 is 13.2 Å². The van der Waals surface area contributed by atoms with Crippen LogP contribution in [0, 0.1) is 13.8 Å². The summed E-state index contributed by atoms with van der Waals surface area (Å²) >= 11 is 0. The zero-order valence-electron chi connectivity index (χ0n) is 8.02. The monoisotopic (exact) mass is 203 g/mol. The predicted molar refractivity (Wildman–Crippen MR) is 48.9 cm³/mol. The summed E-state index contributed by atoms with van der Waals surface area (Å²) in [6.45, 7) is 3.46. The van der Waals surface area contributed by atoms with Crippen molar-refractivity contribution in [2.24, 2.45) is 5.73 Å². The van der Waals surface area contributed by atoms with Crippen LogP contribution in [0.25, 0.3) is 0 Å². The summed E-state index contributed by atoms with van der Waals surface area (Å²) in [5.41, 5.74) is 6.75. The lowest BCUT2D eigenvalue weighted by Gasteiger charge is -2.18. The van der Waals surface area contributed by atoms with E-state index in [0.29, 0.717) is 5.56 Å². The molecule has 0 aliphatic carbocycles. The Kier molecular flexibility index (Phi) is 2.85. The van der Waals surface area contributed by atoms with Gasteiger partial charge in [-0.15, -0.1) is 0 Å². The molecule has 1 atom stereocenters. The van der Waals surface area contributed by atoms with Crippen molar-refractivity contribution in [2.75, 3.05) is 0 Å². The summed E-state index contributed by atoms with van der Waals surface area (Å²) in [5, 5.41) is 0. The van der Waals surface area contributed by atoms with Crippen molar-refractivity contribution in [2.45, 2.75) is 26.1 Å². The highest BCUT2D eigenvalue weighted by molar-refractivity contribution is 5.33. The maximum Gasteiger partial charge on any atom is 0.407 e. The number of hydrogen-bond acceptors (Lipinski definition) is 1. The molecule has 1 rings (SSSR count). The van der Waals surface area contributed by atoms with Crippen LogP contribution in [0.2, 0.25) is 0 Å². The Labute approximate surface area is 80.7 Å². The van der Waals surface area contributed by atoms with Gasteiger partial charge in [-0.3, -0.25) is 0 Å². The van der Waals surface area contributed by atoms with E-state index in [-0.39, 0.29) is 5.56 Å². The third-order valence-corrected chi connectivity index (χ3v) is 2.11. The number of nitrogens with two attached hydrogens (primary N) is 1. The third-order valence-electron chi connectivity index (χ3n) is 2.11. The molecule has 0 fully saturated rings. The fraction of sp³-hybridized carbons (Fsp3) is 0.400.